The van der Waals surface area contributed by atoms with Crippen molar-refractivity contribution in [2.75, 3.05) is 20.2 Å². The summed E-state index contributed by atoms with van der Waals surface area (Å²) in [7, 11) is 1.77. The summed E-state index contributed by atoms with van der Waals surface area (Å²) in [6.07, 6.45) is 4.85. The van der Waals surface area contributed by atoms with Crippen LogP contribution in [0.5, 0.6) is 0 Å². The molecule has 1 N–H and O–H groups in total. The molecule has 0 aliphatic heterocycles. The Bertz CT molecular complexity index is 220. The SMILES string of the molecule is CN(CCO)C(=O)C(C)(C)C1CCCC1. The normalized spacial score (nSPS) is 18.1. The van der Waals surface area contributed by atoms with Gasteiger partial charge in [-0.1, -0.05) is 26.7 Å². The van der Waals surface area contributed by atoms with Crippen molar-refractivity contribution in [3.63, 3.8) is 0 Å². The number of amides is 1. The van der Waals surface area contributed by atoms with Gasteiger partial charge in [-0.3, -0.25) is 4.79 Å². The van der Waals surface area contributed by atoms with Crippen molar-refractivity contribution < 1.29 is 9.90 Å². The molecular formula is C12H23NO2. The second kappa shape index (κ2) is 4.97. The highest BCUT2D eigenvalue weighted by Crippen LogP contribution is 2.40. The first-order valence-electron chi connectivity index (χ1n) is 5.86. The van der Waals surface area contributed by atoms with Crippen LogP contribution in [0.4, 0.5) is 0 Å². The molecule has 0 heterocycles. The third kappa shape index (κ3) is 2.71. The van der Waals surface area contributed by atoms with Gasteiger partial charge in [0.05, 0.1) is 6.61 Å². The highest BCUT2D eigenvalue weighted by molar-refractivity contribution is 5.82. The Balaban J connectivity index is 2.62. The number of likely N-dealkylation sites (N-methyl/N-ethyl adjacent to an activating group) is 1. The smallest absolute Gasteiger partial charge is 0.228 e. The van der Waals surface area contributed by atoms with Crippen LogP contribution in [0.1, 0.15) is 39.5 Å². The maximum absolute atomic E-state index is 12.2. The number of aliphatic hydroxyl groups is 1. The van der Waals surface area contributed by atoms with Gasteiger partial charge in [-0.15, -0.1) is 0 Å². The maximum Gasteiger partial charge on any atom is 0.228 e. The fourth-order valence-electron chi connectivity index (χ4n) is 2.57. The maximum atomic E-state index is 12.2. The van der Waals surface area contributed by atoms with Gasteiger partial charge in [0.2, 0.25) is 5.91 Å². The molecule has 1 rings (SSSR count). The molecule has 3 nitrogen and oxygen atoms in total. The largest absolute Gasteiger partial charge is 0.395 e. The molecule has 15 heavy (non-hydrogen) atoms. The summed E-state index contributed by atoms with van der Waals surface area (Å²) in [4.78, 5) is 13.8. The van der Waals surface area contributed by atoms with E-state index < -0.39 is 0 Å². The van der Waals surface area contributed by atoms with E-state index in [1.807, 2.05) is 13.8 Å². The Hall–Kier alpha value is -0.570. The predicted octanol–water partition coefficient (Wildman–Crippen LogP) is 1.65. The van der Waals surface area contributed by atoms with E-state index in [-0.39, 0.29) is 17.9 Å². The lowest BCUT2D eigenvalue weighted by Crippen LogP contribution is -2.43. The second-order valence-corrected chi connectivity index (χ2v) is 5.15. The third-order valence-corrected chi connectivity index (χ3v) is 3.71. The van der Waals surface area contributed by atoms with E-state index in [0.29, 0.717) is 12.5 Å². The first-order valence-corrected chi connectivity index (χ1v) is 5.86. The lowest BCUT2D eigenvalue weighted by molar-refractivity contribution is -0.142. The van der Waals surface area contributed by atoms with Gasteiger partial charge >= 0.3 is 0 Å². The van der Waals surface area contributed by atoms with Crippen LogP contribution in [-0.4, -0.2) is 36.1 Å². The van der Waals surface area contributed by atoms with Crippen molar-refractivity contribution in [3.05, 3.63) is 0 Å². The molecule has 0 radical (unpaired) electrons. The number of rotatable bonds is 4. The topological polar surface area (TPSA) is 40.5 Å². The minimum absolute atomic E-state index is 0.0446. The van der Waals surface area contributed by atoms with Crippen LogP contribution in [0.25, 0.3) is 0 Å². The van der Waals surface area contributed by atoms with Gasteiger partial charge in [0.1, 0.15) is 0 Å². The highest BCUT2D eigenvalue weighted by Gasteiger charge is 2.39. The molecule has 1 fully saturated rings. The summed E-state index contributed by atoms with van der Waals surface area (Å²) in [5.41, 5.74) is -0.263. The van der Waals surface area contributed by atoms with E-state index in [1.165, 1.54) is 25.7 Å². The zero-order valence-electron chi connectivity index (χ0n) is 10.1. The van der Waals surface area contributed by atoms with Crippen molar-refractivity contribution in [1.82, 2.24) is 4.90 Å². The first kappa shape index (κ1) is 12.5. The molecule has 0 aromatic carbocycles. The molecule has 1 amide bonds. The third-order valence-electron chi connectivity index (χ3n) is 3.71. The summed E-state index contributed by atoms with van der Waals surface area (Å²) >= 11 is 0. The molecular weight excluding hydrogens is 190 g/mol. The molecule has 88 valence electrons. The van der Waals surface area contributed by atoms with Crippen molar-refractivity contribution >= 4 is 5.91 Å². The molecule has 0 spiro atoms. The summed E-state index contributed by atoms with van der Waals surface area (Å²) in [5.74, 6) is 0.689. The fraction of sp³-hybridized carbons (Fsp3) is 0.917. The molecule has 0 atom stereocenters. The van der Waals surface area contributed by atoms with Crippen molar-refractivity contribution in [2.45, 2.75) is 39.5 Å². The van der Waals surface area contributed by atoms with E-state index in [4.69, 9.17) is 5.11 Å². The fourth-order valence-corrected chi connectivity index (χ4v) is 2.57. The molecule has 3 heteroatoms. The number of nitrogens with zero attached hydrogens (tertiary/aromatic N) is 1. The molecule has 0 aromatic heterocycles. The standard InChI is InChI=1S/C12H23NO2/c1-12(2,10-6-4-5-7-10)11(15)13(3)8-9-14/h10,14H,4-9H2,1-3H3. The van der Waals surface area contributed by atoms with Crippen LogP contribution in [0.15, 0.2) is 0 Å². The van der Waals surface area contributed by atoms with Crippen LogP contribution in [0, 0.1) is 11.3 Å². The average molecular weight is 213 g/mol. The van der Waals surface area contributed by atoms with E-state index >= 15 is 0 Å². The van der Waals surface area contributed by atoms with Crippen LogP contribution < -0.4 is 0 Å². The Morgan fingerprint density at radius 1 is 1.40 bits per heavy atom. The highest BCUT2D eigenvalue weighted by atomic mass is 16.3. The van der Waals surface area contributed by atoms with Gasteiger partial charge in [0.15, 0.2) is 0 Å². The van der Waals surface area contributed by atoms with Crippen LogP contribution >= 0.6 is 0 Å². The van der Waals surface area contributed by atoms with Gasteiger partial charge in [-0.25, -0.2) is 0 Å². The molecule has 0 saturated heterocycles. The molecule has 1 saturated carbocycles. The minimum atomic E-state index is -0.263. The number of hydrogen-bond donors (Lipinski definition) is 1. The lowest BCUT2D eigenvalue weighted by atomic mass is 9.76. The van der Waals surface area contributed by atoms with E-state index in [9.17, 15) is 4.79 Å². The minimum Gasteiger partial charge on any atom is -0.395 e. The van der Waals surface area contributed by atoms with Crippen LogP contribution in [-0.2, 0) is 4.79 Å². The molecule has 1 aliphatic carbocycles. The Kier molecular flexibility index (Phi) is 4.14. The van der Waals surface area contributed by atoms with Gasteiger partial charge in [-0.05, 0) is 18.8 Å². The van der Waals surface area contributed by atoms with Crippen molar-refractivity contribution in [1.29, 1.82) is 0 Å². The molecule has 0 aromatic rings. The summed E-state index contributed by atoms with van der Waals surface area (Å²) < 4.78 is 0. The van der Waals surface area contributed by atoms with Gasteiger partial charge in [0, 0.05) is 19.0 Å². The van der Waals surface area contributed by atoms with Gasteiger partial charge in [0.25, 0.3) is 0 Å². The van der Waals surface area contributed by atoms with Crippen molar-refractivity contribution in [2.24, 2.45) is 11.3 Å². The monoisotopic (exact) mass is 213 g/mol. The number of aliphatic hydroxyl groups excluding tert-OH is 1. The first-order chi connectivity index (χ1) is 7.00. The predicted molar refractivity (Wildman–Crippen MR) is 60.5 cm³/mol. The number of carbonyl (C=O) groups excluding carboxylic acids is 1. The van der Waals surface area contributed by atoms with Gasteiger partial charge in [-0.2, -0.15) is 0 Å². The van der Waals surface area contributed by atoms with Crippen LogP contribution in [0.3, 0.4) is 0 Å². The summed E-state index contributed by atoms with van der Waals surface area (Å²) in [6, 6.07) is 0. The Morgan fingerprint density at radius 2 is 1.93 bits per heavy atom. The van der Waals surface area contributed by atoms with Crippen LogP contribution in [0.2, 0.25) is 0 Å². The summed E-state index contributed by atoms with van der Waals surface area (Å²) in [5, 5.41) is 8.82. The molecule has 1 aliphatic rings. The lowest BCUT2D eigenvalue weighted by Gasteiger charge is -2.34. The zero-order chi connectivity index (χ0) is 11.5. The van der Waals surface area contributed by atoms with E-state index in [2.05, 4.69) is 0 Å². The Morgan fingerprint density at radius 3 is 2.40 bits per heavy atom. The van der Waals surface area contributed by atoms with E-state index in [1.54, 1.807) is 11.9 Å². The molecule has 0 bridgehead atoms. The van der Waals surface area contributed by atoms with E-state index in [0.717, 1.165) is 0 Å². The quantitative estimate of drug-likeness (QED) is 0.771. The summed E-state index contributed by atoms with van der Waals surface area (Å²) in [6.45, 7) is 4.57. The molecule has 0 unspecified atom stereocenters. The second-order valence-electron chi connectivity index (χ2n) is 5.15. The zero-order valence-corrected chi connectivity index (χ0v) is 10.1. The average Bonchev–Trinajstić information content (AvgIpc) is 2.70. The number of carbonyl (C=O) groups is 1. The van der Waals surface area contributed by atoms with Crippen molar-refractivity contribution in [3.8, 4) is 0 Å². The number of hydrogen-bond acceptors (Lipinski definition) is 2. The Labute approximate surface area is 92.5 Å². The van der Waals surface area contributed by atoms with Gasteiger partial charge < -0.3 is 10.0 Å².